The summed E-state index contributed by atoms with van der Waals surface area (Å²) in [6, 6.07) is 0.485. The smallest absolute Gasteiger partial charge is 0.0695 e. The number of piperidine rings is 1. The third kappa shape index (κ3) is 1.64. The Bertz CT molecular complexity index is 143. The number of hydrogen-bond donors (Lipinski definition) is 1. The third-order valence-electron chi connectivity index (χ3n) is 3.15. The van der Waals surface area contributed by atoms with Gasteiger partial charge in [0.2, 0.25) is 0 Å². The summed E-state index contributed by atoms with van der Waals surface area (Å²) in [5.41, 5.74) is 0. The Morgan fingerprint density at radius 1 is 1.17 bits per heavy atom. The summed E-state index contributed by atoms with van der Waals surface area (Å²) in [4.78, 5) is 2.47. The molecule has 2 fully saturated rings. The summed E-state index contributed by atoms with van der Waals surface area (Å²) >= 11 is 0. The van der Waals surface area contributed by atoms with E-state index in [0.29, 0.717) is 6.04 Å². The maximum absolute atomic E-state index is 9.69. The third-order valence-corrected chi connectivity index (χ3v) is 3.15. The van der Waals surface area contributed by atoms with Crippen molar-refractivity contribution < 1.29 is 5.11 Å². The van der Waals surface area contributed by atoms with Crippen LogP contribution in [0.15, 0.2) is 0 Å². The van der Waals surface area contributed by atoms with E-state index in [9.17, 15) is 5.11 Å². The van der Waals surface area contributed by atoms with Gasteiger partial charge in [0.1, 0.15) is 0 Å². The standard InChI is InChI=1S/C10H18NO/c12-10-6-4-5-9(10)11-7-2-1-3-8-11/h1,9-10,12H,2-8H2. The molecule has 12 heavy (non-hydrogen) atoms. The monoisotopic (exact) mass is 168 g/mol. The first-order chi connectivity index (χ1) is 5.88. The van der Waals surface area contributed by atoms with Crippen LogP contribution in [0, 0.1) is 6.42 Å². The molecule has 2 aliphatic rings. The molecule has 1 aliphatic carbocycles. The van der Waals surface area contributed by atoms with Crippen molar-refractivity contribution in [3.63, 3.8) is 0 Å². The molecule has 1 heterocycles. The summed E-state index contributed by atoms with van der Waals surface area (Å²) < 4.78 is 0. The van der Waals surface area contributed by atoms with Gasteiger partial charge < -0.3 is 5.11 Å². The van der Waals surface area contributed by atoms with Gasteiger partial charge in [-0.2, -0.15) is 0 Å². The lowest BCUT2D eigenvalue weighted by atomic mass is 10.1. The summed E-state index contributed by atoms with van der Waals surface area (Å²) in [5.74, 6) is 0. The van der Waals surface area contributed by atoms with Crippen molar-refractivity contribution in [3.05, 3.63) is 6.42 Å². The van der Waals surface area contributed by atoms with E-state index in [2.05, 4.69) is 11.3 Å². The zero-order valence-electron chi connectivity index (χ0n) is 7.58. The van der Waals surface area contributed by atoms with Crippen molar-refractivity contribution in [1.82, 2.24) is 4.90 Å². The van der Waals surface area contributed by atoms with Gasteiger partial charge in [-0.3, -0.25) is 4.90 Å². The molecule has 0 amide bonds. The lowest BCUT2D eigenvalue weighted by Gasteiger charge is -2.33. The Morgan fingerprint density at radius 3 is 2.50 bits per heavy atom. The Morgan fingerprint density at radius 2 is 1.92 bits per heavy atom. The van der Waals surface area contributed by atoms with Crippen molar-refractivity contribution in [2.24, 2.45) is 0 Å². The molecule has 2 unspecified atom stereocenters. The van der Waals surface area contributed by atoms with Gasteiger partial charge in [-0.05, 0) is 51.6 Å². The minimum Gasteiger partial charge on any atom is -0.391 e. The summed E-state index contributed by atoms with van der Waals surface area (Å²) in [7, 11) is 0. The number of aliphatic hydroxyl groups is 1. The zero-order chi connectivity index (χ0) is 8.39. The molecule has 69 valence electrons. The second-order valence-corrected chi connectivity index (χ2v) is 3.97. The lowest BCUT2D eigenvalue weighted by molar-refractivity contribution is 0.0653. The number of likely N-dealkylation sites (tertiary alicyclic amines) is 1. The highest BCUT2D eigenvalue weighted by molar-refractivity contribution is 4.88. The molecular formula is C10H18NO. The average Bonchev–Trinajstić information content (AvgIpc) is 2.53. The fraction of sp³-hybridized carbons (Fsp3) is 0.900. The minimum absolute atomic E-state index is 0.0388. The Kier molecular flexibility index (Phi) is 2.66. The molecule has 0 bridgehead atoms. The van der Waals surface area contributed by atoms with Crippen molar-refractivity contribution in [2.75, 3.05) is 13.1 Å². The maximum atomic E-state index is 9.69. The van der Waals surface area contributed by atoms with Crippen molar-refractivity contribution >= 4 is 0 Å². The topological polar surface area (TPSA) is 23.5 Å². The van der Waals surface area contributed by atoms with Crippen LogP contribution in [-0.4, -0.2) is 35.2 Å². The van der Waals surface area contributed by atoms with Crippen LogP contribution in [0.4, 0.5) is 0 Å². The van der Waals surface area contributed by atoms with Crippen LogP contribution in [0.5, 0.6) is 0 Å². The predicted molar refractivity (Wildman–Crippen MR) is 48.8 cm³/mol. The van der Waals surface area contributed by atoms with Gasteiger partial charge in [-0.15, -0.1) is 0 Å². The highest BCUT2D eigenvalue weighted by atomic mass is 16.3. The largest absolute Gasteiger partial charge is 0.391 e. The van der Waals surface area contributed by atoms with Crippen LogP contribution in [-0.2, 0) is 0 Å². The van der Waals surface area contributed by atoms with E-state index in [1.807, 2.05) is 0 Å². The van der Waals surface area contributed by atoms with E-state index in [-0.39, 0.29) is 6.10 Å². The second-order valence-electron chi connectivity index (χ2n) is 3.97. The van der Waals surface area contributed by atoms with Gasteiger partial charge >= 0.3 is 0 Å². The van der Waals surface area contributed by atoms with E-state index in [4.69, 9.17) is 0 Å². The Hall–Kier alpha value is -0.0800. The Balaban J connectivity index is 1.89. The van der Waals surface area contributed by atoms with E-state index in [0.717, 1.165) is 6.42 Å². The highest BCUT2D eigenvalue weighted by Gasteiger charge is 2.30. The molecule has 1 radical (unpaired) electrons. The van der Waals surface area contributed by atoms with Crippen LogP contribution in [0.2, 0.25) is 0 Å². The highest BCUT2D eigenvalue weighted by Crippen LogP contribution is 2.26. The molecule has 2 atom stereocenters. The van der Waals surface area contributed by atoms with E-state index in [1.165, 1.54) is 38.8 Å². The zero-order valence-corrected chi connectivity index (χ0v) is 7.58. The number of nitrogens with zero attached hydrogens (tertiary/aromatic N) is 1. The first kappa shape index (κ1) is 8.52. The summed E-state index contributed by atoms with van der Waals surface area (Å²) in [6.07, 6.45) is 8.19. The van der Waals surface area contributed by atoms with Gasteiger partial charge in [-0.25, -0.2) is 0 Å². The lowest BCUT2D eigenvalue weighted by Crippen LogP contribution is -2.43. The van der Waals surface area contributed by atoms with Crippen LogP contribution in [0.1, 0.15) is 32.1 Å². The first-order valence-electron chi connectivity index (χ1n) is 5.12. The van der Waals surface area contributed by atoms with Gasteiger partial charge in [0.25, 0.3) is 0 Å². The van der Waals surface area contributed by atoms with Crippen molar-refractivity contribution in [1.29, 1.82) is 0 Å². The molecule has 0 spiro atoms. The SMILES string of the molecule is OC1CCCC1N1CC[CH]CC1. The van der Waals surface area contributed by atoms with Crippen LogP contribution < -0.4 is 0 Å². The van der Waals surface area contributed by atoms with Crippen LogP contribution in [0.25, 0.3) is 0 Å². The molecule has 0 aromatic carbocycles. The number of rotatable bonds is 1. The summed E-state index contributed by atoms with van der Waals surface area (Å²) in [5, 5.41) is 9.69. The fourth-order valence-corrected chi connectivity index (χ4v) is 2.45. The molecule has 2 nitrogen and oxygen atoms in total. The minimum atomic E-state index is -0.0388. The molecule has 0 aromatic rings. The van der Waals surface area contributed by atoms with Gasteiger partial charge in [0.15, 0.2) is 0 Å². The second kappa shape index (κ2) is 3.75. The van der Waals surface area contributed by atoms with Gasteiger partial charge in [0, 0.05) is 6.04 Å². The van der Waals surface area contributed by atoms with E-state index < -0.39 is 0 Å². The molecule has 1 saturated carbocycles. The molecule has 1 saturated heterocycles. The van der Waals surface area contributed by atoms with Crippen LogP contribution in [0.3, 0.4) is 0 Å². The molecular weight excluding hydrogens is 150 g/mol. The van der Waals surface area contributed by atoms with Crippen molar-refractivity contribution in [2.45, 2.75) is 44.2 Å². The maximum Gasteiger partial charge on any atom is 0.0695 e. The quantitative estimate of drug-likeness (QED) is 0.636. The molecule has 0 aromatic heterocycles. The van der Waals surface area contributed by atoms with Crippen molar-refractivity contribution in [3.8, 4) is 0 Å². The normalized spacial score (nSPS) is 38.8. The van der Waals surface area contributed by atoms with Gasteiger partial charge in [0.05, 0.1) is 6.10 Å². The number of aliphatic hydroxyl groups excluding tert-OH is 1. The first-order valence-corrected chi connectivity index (χ1v) is 5.12. The molecule has 2 heteroatoms. The average molecular weight is 168 g/mol. The Labute approximate surface area is 74.6 Å². The molecule has 1 N–H and O–H groups in total. The molecule has 1 aliphatic heterocycles. The predicted octanol–water partition coefficient (Wildman–Crippen LogP) is 1.20. The molecule has 2 rings (SSSR count). The van der Waals surface area contributed by atoms with E-state index >= 15 is 0 Å². The number of hydrogen-bond acceptors (Lipinski definition) is 2. The van der Waals surface area contributed by atoms with E-state index in [1.54, 1.807) is 0 Å². The van der Waals surface area contributed by atoms with Crippen LogP contribution >= 0.6 is 0 Å². The summed E-state index contributed by atoms with van der Waals surface area (Å²) in [6.45, 7) is 2.34. The fourth-order valence-electron chi connectivity index (χ4n) is 2.45. The van der Waals surface area contributed by atoms with Gasteiger partial charge in [-0.1, -0.05) is 0 Å².